The van der Waals surface area contributed by atoms with Gasteiger partial charge in [0, 0.05) is 5.69 Å². The van der Waals surface area contributed by atoms with Crippen LogP contribution in [0.15, 0.2) is 42.6 Å². The Morgan fingerprint density at radius 3 is 2.17 bits per heavy atom. The van der Waals surface area contributed by atoms with Crippen LogP contribution in [0.2, 0.25) is 0 Å². The predicted octanol–water partition coefficient (Wildman–Crippen LogP) is 4.00. The maximum absolute atomic E-state index is 12.5. The molecule has 0 aliphatic rings. The van der Waals surface area contributed by atoms with Crippen LogP contribution in [0, 0.1) is 0 Å². The maximum atomic E-state index is 12.5. The number of pyridine rings is 1. The summed E-state index contributed by atoms with van der Waals surface area (Å²) in [6.07, 6.45) is -2.50. The van der Waals surface area contributed by atoms with E-state index in [4.69, 9.17) is 0 Å². The molecule has 0 atom stereocenters. The molecule has 2 rings (SSSR count). The highest BCUT2D eigenvalue weighted by atomic mass is 32.2. The molecule has 0 aliphatic carbocycles. The first-order valence-corrected chi connectivity index (χ1v) is 8.75. The highest BCUT2D eigenvalue weighted by Gasteiger charge is 2.29. The van der Waals surface area contributed by atoms with Gasteiger partial charge in [0.2, 0.25) is 10.0 Å². The first-order chi connectivity index (χ1) is 11.2. The van der Waals surface area contributed by atoms with Crippen molar-refractivity contribution in [3.63, 3.8) is 0 Å². The van der Waals surface area contributed by atoms with Crippen molar-refractivity contribution in [2.24, 2.45) is 0 Å². The van der Waals surface area contributed by atoms with Crippen LogP contribution >= 0.6 is 0 Å². The third-order valence-corrected chi connectivity index (χ3v) is 4.46. The van der Waals surface area contributed by atoms with Crippen molar-refractivity contribution in [2.45, 2.75) is 19.5 Å². The van der Waals surface area contributed by atoms with E-state index >= 15 is 0 Å². The van der Waals surface area contributed by atoms with Gasteiger partial charge in [0.05, 0.1) is 23.2 Å². The summed E-state index contributed by atoms with van der Waals surface area (Å²) in [4.78, 5) is 3.97. The van der Waals surface area contributed by atoms with Crippen molar-refractivity contribution < 1.29 is 21.6 Å². The standard InChI is InChI=1S/C15H16F3N3O2S/c1-2-9-24(22,23)21-14-8-7-13(10-19-14)20-12-5-3-11(4-6-12)15(16,17)18/h3-8,10,20H,2,9H2,1H3,(H,19,21). The summed E-state index contributed by atoms with van der Waals surface area (Å²) in [7, 11) is -3.41. The molecule has 0 spiro atoms. The summed E-state index contributed by atoms with van der Waals surface area (Å²) in [5.74, 6) is 0.182. The van der Waals surface area contributed by atoms with E-state index in [9.17, 15) is 21.6 Å². The van der Waals surface area contributed by atoms with Gasteiger partial charge in [0.15, 0.2) is 0 Å². The van der Waals surface area contributed by atoms with Crippen LogP contribution in [0.5, 0.6) is 0 Å². The third-order valence-electron chi connectivity index (χ3n) is 3.00. The van der Waals surface area contributed by atoms with Crippen molar-refractivity contribution in [1.82, 2.24) is 4.98 Å². The van der Waals surface area contributed by atoms with E-state index in [0.717, 1.165) is 12.1 Å². The molecular formula is C15H16F3N3O2S. The number of benzene rings is 1. The summed E-state index contributed by atoms with van der Waals surface area (Å²) in [6, 6.07) is 7.61. The zero-order valence-corrected chi connectivity index (χ0v) is 13.6. The van der Waals surface area contributed by atoms with Crippen LogP contribution < -0.4 is 10.0 Å². The molecule has 0 fully saturated rings. The fraction of sp³-hybridized carbons (Fsp3) is 0.267. The second kappa shape index (κ2) is 7.08. The topological polar surface area (TPSA) is 71.1 Å². The lowest BCUT2D eigenvalue weighted by atomic mass is 10.2. The molecule has 0 aliphatic heterocycles. The van der Waals surface area contributed by atoms with Gasteiger partial charge in [-0.25, -0.2) is 13.4 Å². The van der Waals surface area contributed by atoms with Gasteiger partial charge in [0.25, 0.3) is 0 Å². The molecule has 2 aromatic rings. The number of nitrogens with one attached hydrogen (secondary N) is 2. The smallest absolute Gasteiger partial charge is 0.354 e. The number of rotatable bonds is 6. The molecule has 9 heteroatoms. The number of hydrogen-bond donors (Lipinski definition) is 2. The van der Waals surface area contributed by atoms with Crippen LogP contribution in [-0.4, -0.2) is 19.2 Å². The van der Waals surface area contributed by atoms with Crippen LogP contribution in [0.3, 0.4) is 0 Å². The molecule has 0 bridgehead atoms. The van der Waals surface area contributed by atoms with Gasteiger partial charge in [0.1, 0.15) is 5.82 Å². The van der Waals surface area contributed by atoms with E-state index in [1.54, 1.807) is 13.0 Å². The van der Waals surface area contributed by atoms with Gasteiger partial charge < -0.3 is 5.32 Å². The van der Waals surface area contributed by atoms with Crippen molar-refractivity contribution in [3.8, 4) is 0 Å². The molecule has 24 heavy (non-hydrogen) atoms. The van der Waals surface area contributed by atoms with Gasteiger partial charge in [-0.15, -0.1) is 0 Å². The van der Waals surface area contributed by atoms with Gasteiger partial charge in [-0.2, -0.15) is 13.2 Å². The SMILES string of the molecule is CCCS(=O)(=O)Nc1ccc(Nc2ccc(C(F)(F)F)cc2)cn1. The second-order valence-electron chi connectivity index (χ2n) is 5.05. The molecule has 1 aromatic carbocycles. The lowest BCUT2D eigenvalue weighted by Crippen LogP contribution is -2.16. The van der Waals surface area contributed by atoms with Crippen molar-refractivity contribution in [3.05, 3.63) is 48.2 Å². The van der Waals surface area contributed by atoms with Crippen molar-refractivity contribution in [1.29, 1.82) is 0 Å². The zero-order chi connectivity index (χ0) is 17.8. The Morgan fingerprint density at radius 1 is 1.04 bits per heavy atom. The van der Waals surface area contributed by atoms with Crippen molar-refractivity contribution in [2.75, 3.05) is 15.8 Å². The lowest BCUT2D eigenvalue weighted by molar-refractivity contribution is -0.137. The summed E-state index contributed by atoms with van der Waals surface area (Å²) >= 11 is 0. The minimum Gasteiger partial charge on any atom is -0.354 e. The monoisotopic (exact) mass is 359 g/mol. The Hall–Kier alpha value is -2.29. The van der Waals surface area contributed by atoms with Gasteiger partial charge in [-0.1, -0.05) is 6.92 Å². The Balaban J connectivity index is 2.04. The lowest BCUT2D eigenvalue weighted by Gasteiger charge is -2.10. The highest BCUT2D eigenvalue weighted by Crippen LogP contribution is 2.30. The molecule has 0 saturated heterocycles. The number of aromatic nitrogens is 1. The summed E-state index contributed by atoms with van der Waals surface area (Å²) < 4.78 is 63.1. The van der Waals surface area contributed by atoms with Gasteiger partial charge in [-0.05, 0) is 42.8 Å². The van der Waals surface area contributed by atoms with E-state index < -0.39 is 21.8 Å². The second-order valence-corrected chi connectivity index (χ2v) is 6.90. The summed E-state index contributed by atoms with van der Waals surface area (Å²) in [5.41, 5.74) is 0.254. The number of nitrogens with zero attached hydrogens (tertiary/aromatic N) is 1. The van der Waals surface area contributed by atoms with Crippen LogP contribution in [0.1, 0.15) is 18.9 Å². The largest absolute Gasteiger partial charge is 0.416 e. The highest BCUT2D eigenvalue weighted by molar-refractivity contribution is 7.92. The number of hydrogen-bond acceptors (Lipinski definition) is 4. The van der Waals surface area contributed by atoms with E-state index in [1.165, 1.54) is 24.4 Å². The zero-order valence-electron chi connectivity index (χ0n) is 12.8. The Morgan fingerprint density at radius 2 is 1.67 bits per heavy atom. The molecule has 0 unspecified atom stereocenters. The molecule has 0 saturated carbocycles. The summed E-state index contributed by atoms with van der Waals surface area (Å²) in [5, 5.41) is 2.89. The van der Waals surface area contributed by atoms with E-state index in [2.05, 4.69) is 15.0 Å². The maximum Gasteiger partial charge on any atom is 0.416 e. The number of anilines is 3. The molecule has 1 heterocycles. The molecule has 0 radical (unpaired) electrons. The fourth-order valence-corrected chi connectivity index (χ4v) is 3.00. The molecule has 130 valence electrons. The Kier molecular flexibility index (Phi) is 5.33. The molecule has 5 nitrogen and oxygen atoms in total. The number of sulfonamides is 1. The van der Waals surface area contributed by atoms with Crippen LogP contribution in [-0.2, 0) is 16.2 Å². The first-order valence-electron chi connectivity index (χ1n) is 7.10. The summed E-state index contributed by atoms with van der Waals surface area (Å²) in [6.45, 7) is 1.75. The van der Waals surface area contributed by atoms with E-state index in [0.29, 0.717) is 17.8 Å². The fourth-order valence-electron chi connectivity index (χ4n) is 1.92. The van der Waals surface area contributed by atoms with Gasteiger partial charge >= 0.3 is 6.18 Å². The third kappa shape index (κ3) is 5.12. The molecular weight excluding hydrogens is 343 g/mol. The Labute approximate surface area is 138 Å². The molecule has 0 amide bonds. The molecule has 1 aromatic heterocycles. The normalized spacial score (nSPS) is 12.0. The predicted molar refractivity (Wildman–Crippen MR) is 86.7 cm³/mol. The molecule has 2 N–H and O–H groups in total. The van der Waals surface area contributed by atoms with Gasteiger partial charge in [-0.3, -0.25) is 4.72 Å². The first kappa shape index (κ1) is 18.1. The Bertz CT molecular complexity index is 773. The minimum absolute atomic E-state index is 0.000234. The number of alkyl halides is 3. The van der Waals surface area contributed by atoms with Crippen LogP contribution in [0.4, 0.5) is 30.4 Å². The average Bonchev–Trinajstić information content (AvgIpc) is 2.48. The minimum atomic E-state index is -4.38. The average molecular weight is 359 g/mol. The quantitative estimate of drug-likeness (QED) is 0.818. The van der Waals surface area contributed by atoms with Crippen molar-refractivity contribution >= 4 is 27.2 Å². The number of halogens is 3. The van der Waals surface area contributed by atoms with E-state index in [1.807, 2.05) is 0 Å². The van der Waals surface area contributed by atoms with E-state index in [-0.39, 0.29) is 11.6 Å². The van der Waals surface area contributed by atoms with Crippen LogP contribution in [0.25, 0.3) is 0 Å².